The summed E-state index contributed by atoms with van der Waals surface area (Å²) in [6.45, 7) is 0.627. The van der Waals surface area contributed by atoms with Gasteiger partial charge < -0.3 is 10.4 Å². The van der Waals surface area contributed by atoms with Gasteiger partial charge in [0.05, 0.1) is 11.3 Å². The average molecular weight is 410 g/mol. The Morgan fingerprint density at radius 2 is 1.48 bits per heavy atom. The lowest BCUT2D eigenvalue weighted by Gasteiger charge is -2.14. The van der Waals surface area contributed by atoms with Crippen molar-refractivity contribution in [2.24, 2.45) is 0 Å². The number of aromatic carboxylic acids is 1. The molecule has 6 nitrogen and oxygen atoms in total. The molecule has 3 N–H and O–H groups in total. The number of hydrogen-bond donors (Lipinski definition) is 3. The fraction of sp³-hybridized carbons (Fsp3) is 0.136. The van der Waals surface area contributed by atoms with E-state index in [2.05, 4.69) is 10.0 Å². The lowest BCUT2D eigenvalue weighted by molar-refractivity contribution is 0.0696. The fourth-order valence-electron chi connectivity index (χ4n) is 2.86. The first kappa shape index (κ1) is 20.6. The Bertz CT molecular complexity index is 1070. The highest BCUT2D eigenvalue weighted by atomic mass is 32.2. The highest BCUT2D eigenvalue weighted by molar-refractivity contribution is 7.89. The van der Waals surface area contributed by atoms with Crippen molar-refractivity contribution in [3.63, 3.8) is 0 Å². The average Bonchev–Trinajstić information content (AvgIpc) is 2.74. The molecule has 7 heteroatoms. The highest BCUT2D eigenvalue weighted by Crippen LogP contribution is 2.23. The number of carboxylic acid groups (broad SMARTS) is 1. The zero-order valence-electron chi connectivity index (χ0n) is 15.7. The quantitative estimate of drug-likeness (QED) is 0.502. The first-order valence-electron chi connectivity index (χ1n) is 9.14. The Kier molecular flexibility index (Phi) is 6.64. The molecule has 0 aliphatic heterocycles. The summed E-state index contributed by atoms with van der Waals surface area (Å²) in [5.41, 5.74) is 2.21. The third kappa shape index (κ3) is 5.66. The van der Waals surface area contributed by atoms with Gasteiger partial charge in [-0.1, -0.05) is 60.7 Å². The molecule has 0 fully saturated rings. The van der Waals surface area contributed by atoms with Crippen LogP contribution in [0, 0.1) is 0 Å². The third-order valence-electron chi connectivity index (χ3n) is 4.40. The normalized spacial score (nSPS) is 11.2. The number of carbonyl (C=O) groups is 1. The van der Waals surface area contributed by atoms with E-state index in [-0.39, 0.29) is 17.0 Å². The molecule has 0 unspecified atom stereocenters. The monoisotopic (exact) mass is 410 g/mol. The van der Waals surface area contributed by atoms with Crippen LogP contribution in [-0.2, 0) is 23.0 Å². The van der Waals surface area contributed by atoms with E-state index in [9.17, 15) is 18.3 Å². The maximum Gasteiger partial charge on any atom is 0.335 e. The Hall–Kier alpha value is -3.16. The van der Waals surface area contributed by atoms with Crippen molar-refractivity contribution in [1.29, 1.82) is 0 Å². The number of nitrogens with one attached hydrogen (secondary N) is 2. The smallest absolute Gasteiger partial charge is 0.335 e. The first-order valence-corrected chi connectivity index (χ1v) is 10.6. The molecule has 0 heterocycles. The van der Waals surface area contributed by atoms with Gasteiger partial charge in [-0.25, -0.2) is 17.9 Å². The van der Waals surface area contributed by atoms with Crippen molar-refractivity contribution in [3.8, 4) is 0 Å². The van der Waals surface area contributed by atoms with E-state index in [4.69, 9.17) is 0 Å². The van der Waals surface area contributed by atoms with Gasteiger partial charge in [0.25, 0.3) is 0 Å². The highest BCUT2D eigenvalue weighted by Gasteiger charge is 2.20. The number of anilines is 1. The van der Waals surface area contributed by atoms with Gasteiger partial charge in [-0.15, -0.1) is 0 Å². The summed E-state index contributed by atoms with van der Waals surface area (Å²) in [6.07, 6.45) is 0.707. The van der Waals surface area contributed by atoms with Gasteiger partial charge in [-0.3, -0.25) is 0 Å². The van der Waals surface area contributed by atoms with Crippen LogP contribution in [0.15, 0.2) is 83.8 Å². The zero-order chi connectivity index (χ0) is 20.7. The first-order chi connectivity index (χ1) is 14.0. The SMILES string of the molecule is O=C(O)c1ccc(NCCc2ccccc2)c(S(=O)(=O)NCc2ccccc2)c1. The minimum atomic E-state index is -3.92. The van der Waals surface area contributed by atoms with E-state index >= 15 is 0 Å². The number of hydrogen-bond acceptors (Lipinski definition) is 4. The van der Waals surface area contributed by atoms with Crippen LogP contribution in [0.1, 0.15) is 21.5 Å². The predicted octanol–water partition coefficient (Wildman–Crippen LogP) is 3.52. The van der Waals surface area contributed by atoms with Gasteiger partial charge >= 0.3 is 5.97 Å². The molecule has 0 spiro atoms. The van der Waals surface area contributed by atoms with Gasteiger partial charge in [-0.05, 0) is 35.7 Å². The Labute approximate surface area is 170 Å². The van der Waals surface area contributed by atoms with Crippen molar-refractivity contribution in [3.05, 3.63) is 95.6 Å². The van der Waals surface area contributed by atoms with Gasteiger partial charge in [0, 0.05) is 13.1 Å². The number of sulfonamides is 1. The molecule has 3 aromatic carbocycles. The summed E-state index contributed by atoms with van der Waals surface area (Å²) >= 11 is 0. The van der Waals surface area contributed by atoms with Crippen LogP contribution in [0.3, 0.4) is 0 Å². The van der Waals surface area contributed by atoms with E-state index in [1.807, 2.05) is 60.7 Å². The molecule has 0 bridgehead atoms. The van der Waals surface area contributed by atoms with Crippen molar-refractivity contribution < 1.29 is 18.3 Å². The van der Waals surface area contributed by atoms with E-state index in [0.717, 1.165) is 11.1 Å². The van der Waals surface area contributed by atoms with E-state index in [1.54, 1.807) is 0 Å². The van der Waals surface area contributed by atoms with Crippen LogP contribution >= 0.6 is 0 Å². The third-order valence-corrected chi connectivity index (χ3v) is 5.84. The standard InChI is InChI=1S/C22H22N2O4S/c25-22(26)19-11-12-20(23-14-13-17-7-3-1-4-8-17)21(15-19)29(27,28)24-16-18-9-5-2-6-10-18/h1-12,15,23-24H,13-14,16H2,(H,25,26). The molecular formula is C22H22N2O4S. The van der Waals surface area contributed by atoms with Crippen molar-refractivity contribution in [2.75, 3.05) is 11.9 Å². The van der Waals surface area contributed by atoms with Crippen LogP contribution in [0.5, 0.6) is 0 Å². The molecule has 0 atom stereocenters. The van der Waals surface area contributed by atoms with Crippen LogP contribution in [0.2, 0.25) is 0 Å². The molecule has 0 saturated heterocycles. The Morgan fingerprint density at radius 3 is 2.10 bits per heavy atom. The lowest BCUT2D eigenvalue weighted by atomic mass is 10.1. The number of benzene rings is 3. The molecule has 29 heavy (non-hydrogen) atoms. The second-order valence-electron chi connectivity index (χ2n) is 6.49. The number of rotatable bonds is 9. The molecule has 0 aliphatic carbocycles. The minimum absolute atomic E-state index is 0.0820. The van der Waals surface area contributed by atoms with Gasteiger partial charge in [-0.2, -0.15) is 0 Å². The summed E-state index contributed by atoms with van der Waals surface area (Å²) in [7, 11) is -3.92. The maximum atomic E-state index is 12.9. The number of carboxylic acids is 1. The molecule has 150 valence electrons. The van der Waals surface area contributed by atoms with Crippen LogP contribution in [0.25, 0.3) is 0 Å². The topological polar surface area (TPSA) is 95.5 Å². The summed E-state index contributed by atoms with van der Waals surface area (Å²) in [5, 5.41) is 12.4. The molecule has 3 aromatic rings. The van der Waals surface area contributed by atoms with Crippen molar-refractivity contribution >= 4 is 21.7 Å². The largest absolute Gasteiger partial charge is 0.478 e. The summed E-state index contributed by atoms with van der Waals surface area (Å²) in [5.74, 6) is -1.18. The van der Waals surface area contributed by atoms with Gasteiger partial charge in [0.1, 0.15) is 4.90 Å². The molecule has 3 rings (SSSR count). The van der Waals surface area contributed by atoms with Crippen LogP contribution < -0.4 is 10.0 Å². The molecule has 0 aliphatic rings. The summed E-state index contributed by atoms with van der Waals surface area (Å²) in [6, 6.07) is 23.0. The maximum absolute atomic E-state index is 12.9. The molecule has 0 amide bonds. The van der Waals surface area contributed by atoms with E-state index in [1.165, 1.54) is 18.2 Å². The van der Waals surface area contributed by atoms with Crippen LogP contribution in [0.4, 0.5) is 5.69 Å². The second kappa shape index (κ2) is 9.36. The zero-order valence-corrected chi connectivity index (χ0v) is 16.5. The van der Waals surface area contributed by atoms with E-state index in [0.29, 0.717) is 18.7 Å². The lowest BCUT2D eigenvalue weighted by Crippen LogP contribution is -2.25. The second-order valence-corrected chi connectivity index (χ2v) is 8.22. The summed E-state index contributed by atoms with van der Waals surface area (Å²) in [4.78, 5) is 11.3. The molecule has 0 aromatic heterocycles. The van der Waals surface area contributed by atoms with Gasteiger partial charge in [0.15, 0.2) is 0 Å². The summed E-state index contributed by atoms with van der Waals surface area (Å²) < 4.78 is 28.3. The fourth-order valence-corrected chi connectivity index (χ4v) is 4.09. The molecular weight excluding hydrogens is 388 g/mol. The van der Waals surface area contributed by atoms with Crippen molar-refractivity contribution in [1.82, 2.24) is 4.72 Å². The molecule has 0 radical (unpaired) electrons. The minimum Gasteiger partial charge on any atom is -0.478 e. The van der Waals surface area contributed by atoms with E-state index < -0.39 is 16.0 Å². The predicted molar refractivity (Wildman–Crippen MR) is 113 cm³/mol. The Morgan fingerprint density at radius 1 is 0.862 bits per heavy atom. The van der Waals surface area contributed by atoms with Gasteiger partial charge in [0.2, 0.25) is 10.0 Å². The Balaban J connectivity index is 1.80. The van der Waals surface area contributed by atoms with Crippen molar-refractivity contribution in [2.45, 2.75) is 17.9 Å². The molecule has 0 saturated carbocycles. The van der Waals surface area contributed by atoms with Crippen LogP contribution in [-0.4, -0.2) is 26.0 Å².